The molecule has 8 aliphatic rings. The topological polar surface area (TPSA) is 12.5 Å². The van der Waals surface area contributed by atoms with Crippen molar-refractivity contribution in [1.29, 1.82) is 0 Å². The van der Waals surface area contributed by atoms with E-state index in [-0.39, 0.29) is 11.5 Å². The van der Waals surface area contributed by atoms with Crippen LogP contribution in [0.15, 0.2) is 174 Å². The van der Waals surface area contributed by atoms with E-state index >= 15 is 0 Å². The van der Waals surface area contributed by atoms with Crippen molar-refractivity contribution in [2.75, 3.05) is 0 Å². The van der Waals surface area contributed by atoms with Crippen molar-refractivity contribution in [3.63, 3.8) is 0 Å². The first kappa shape index (κ1) is 30.3. The molecule has 2 aromatic carbocycles. The van der Waals surface area contributed by atoms with E-state index in [0.29, 0.717) is 47.6 Å². The zero-order chi connectivity index (χ0) is 33.2. The zero-order valence-electron chi connectivity index (χ0n) is 29.0. The lowest BCUT2D eigenvalue weighted by molar-refractivity contribution is 0.0966. The third-order valence-electron chi connectivity index (χ3n) is 13.2. The maximum absolute atomic E-state index is 7.02. The Morgan fingerprint density at radius 3 is 2.50 bits per heavy atom. The molecule has 50 heavy (non-hydrogen) atoms. The van der Waals surface area contributed by atoms with Crippen molar-refractivity contribution in [2.24, 2.45) is 29.6 Å². The Labute approximate surface area is 298 Å². The van der Waals surface area contributed by atoms with Crippen molar-refractivity contribution < 1.29 is 4.74 Å². The second-order valence-electron chi connectivity index (χ2n) is 15.7. The van der Waals surface area contributed by atoms with E-state index in [0.717, 1.165) is 31.4 Å². The first-order valence-corrected chi connectivity index (χ1v) is 19.2. The summed E-state index contributed by atoms with van der Waals surface area (Å²) in [5.41, 5.74) is 8.55. The molecule has 2 nitrogen and oxygen atoms in total. The van der Waals surface area contributed by atoms with Crippen LogP contribution < -0.4 is 0 Å². The van der Waals surface area contributed by atoms with Crippen LogP contribution in [0.3, 0.4) is 0 Å². The lowest BCUT2D eigenvalue weighted by Gasteiger charge is -2.46. The van der Waals surface area contributed by atoms with Gasteiger partial charge in [0.2, 0.25) is 0 Å². The molecule has 10 rings (SSSR count). The number of benzene rings is 2. The Balaban J connectivity index is 1.02. The molecule has 10 atom stereocenters. The molecular formula is C48H47NO. The van der Waals surface area contributed by atoms with Crippen molar-refractivity contribution in [3.8, 4) is 0 Å². The molecule has 250 valence electrons. The summed E-state index contributed by atoms with van der Waals surface area (Å²) in [5, 5.41) is 0. The van der Waals surface area contributed by atoms with Crippen molar-refractivity contribution in [1.82, 2.24) is 4.90 Å². The number of hydrogen-bond donors (Lipinski definition) is 0. The van der Waals surface area contributed by atoms with Crippen LogP contribution in [0.5, 0.6) is 0 Å². The molecule has 1 aliphatic heterocycles. The van der Waals surface area contributed by atoms with E-state index in [1.165, 1.54) is 40.0 Å². The number of fused-ring (bicyclic) bond motifs is 7. The molecule has 1 heterocycles. The first-order valence-electron chi connectivity index (χ1n) is 19.2. The quantitative estimate of drug-likeness (QED) is 0.298. The first-order chi connectivity index (χ1) is 24.7. The molecule has 10 unspecified atom stereocenters. The van der Waals surface area contributed by atoms with Gasteiger partial charge in [-0.3, -0.25) is 0 Å². The van der Waals surface area contributed by atoms with Gasteiger partial charge < -0.3 is 9.64 Å². The molecule has 0 spiro atoms. The molecule has 2 aromatic rings. The Bertz CT molecular complexity index is 1990. The average molecular weight is 654 g/mol. The highest BCUT2D eigenvalue weighted by Gasteiger charge is 2.57. The molecule has 2 heteroatoms. The minimum absolute atomic E-state index is 0.147. The number of nitrogens with zero attached hydrogens (tertiary/aromatic N) is 1. The normalized spacial score (nSPS) is 36.9. The molecule has 0 radical (unpaired) electrons. The summed E-state index contributed by atoms with van der Waals surface area (Å²) in [6, 6.07) is 21.4. The van der Waals surface area contributed by atoms with Gasteiger partial charge in [0.05, 0.1) is 12.1 Å². The highest BCUT2D eigenvalue weighted by molar-refractivity contribution is 5.59. The highest BCUT2D eigenvalue weighted by atomic mass is 16.5. The van der Waals surface area contributed by atoms with Gasteiger partial charge in [-0.05, 0) is 73.6 Å². The number of ether oxygens (including phenoxy) is 1. The van der Waals surface area contributed by atoms with E-state index in [4.69, 9.17) is 4.74 Å². The maximum Gasteiger partial charge on any atom is 0.119 e. The Kier molecular flexibility index (Phi) is 7.29. The van der Waals surface area contributed by atoms with Gasteiger partial charge in [-0.25, -0.2) is 0 Å². The summed E-state index contributed by atoms with van der Waals surface area (Å²) in [6.45, 7) is 2.25. The summed E-state index contributed by atoms with van der Waals surface area (Å²) in [6.07, 6.45) is 44.4. The Morgan fingerprint density at radius 1 is 0.740 bits per heavy atom. The lowest BCUT2D eigenvalue weighted by Crippen LogP contribution is -2.45. The van der Waals surface area contributed by atoms with Crippen molar-refractivity contribution in [3.05, 3.63) is 191 Å². The smallest absolute Gasteiger partial charge is 0.119 e. The van der Waals surface area contributed by atoms with Gasteiger partial charge in [0.1, 0.15) is 11.9 Å². The lowest BCUT2D eigenvalue weighted by atomic mass is 9.57. The molecule has 0 N–H and O–H groups in total. The van der Waals surface area contributed by atoms with Crippen LogP contribution in [0.4, 0.5) is 0 Å². The average Bonchev–Trinajstić information content (AvgIpc) is 3.68. The number of allylic oxidation sites excluding steroid dienone is 13. The molecule has 1 fully saturated rings. The molecule has 0 bridgehead atoms. The fourth-order valence-electron chi connectivity index (χ4n) is 11.2. The number of hydrogen-bond acceptors (Lipinski definition) is 2. The van der Waals surface area contributed by atoms with Crippen LogP contribution in [0.25, 0.3) is 0 Å². The summed E-state index contributed by atoms with van der Waals surface area (Å²) < 4.78 is 7.02. The minimum atomic E-state index is -0.149. The summed E-state index contributed by atoms with van der Waals surface area (Å²) in [5.74, 6) is 3.55. The van der Waals surface area contributed by atoms with Crippen molar-refractivity contribution >= 4 is 0 Å². The van der Waals surface area contributed by atoms with E-state index in [9.17, 15) is 0 Å². The van der Waals surface area contributed by atoms with Gasteiger partial charge in [-0.15, -0.1) is 0 Å². The largest absolute Gasteiger partial charge is 0.489 e. The highest BCUT2D eigenvalue weighted by Crippen LogP contribution is 2.62. The molecule has 0 amide bonds. The van der Waals surface area contributed by atoms with Gasteiger partial charge in [0.15, 0.2) is 0 Å². The summed E-state index contributed by atoms with van der Waals surface area (Å²) >= 11 is 0. The van der Waals surface area contributed by atoms with Gasteiger partial charge in [0, 0.05) is 40.4 Å². The monoisotopic (exact) mass is 653 g/mol. The van der Waals surface area contributed by atoms with Gasteiger partial charge >= 0.3 is 0 Å². The van der Waals surface area contributed by atoms with E-state index in [1.54, 1.807) is 0 Å². The number of rotatable bonds is 5. The van der Waals surface area contributed by atoms with Crippen LogP contribution in [0.1, 0.15) is 61.6 Å². The summed E-state index contributed by atoms with van der Waals surface area (Å²) in [7, 11) is 0. The van der Waals surface area contributed by atoms with Crippen LogP contribution in [-0.4, -0.2) is 23.1 Å². The fraction of sp³-hybridized carbons (Fsp3) is 0.333. The van der Waals surface area contributed by atoms with E-state index < -0.39 is 0 Å². The second-order valence-corrected chi connectivity index (χ2v) is 15.7. The fourth-order valence-corrected chi connectivity index (χ4v) is 11.2. The molecule has 7 aliphatic carbocycles. The Morgan fingerprint density at radius 2 is 1.60 bits per heavy atom. The Hall–Kier alpha value is -4.56. The zero-order valence-corrected chi connectivity index (χ0v) is 29.0. The van der Waals surface area contributed by atoms with Crippen LogP contribution in [0.2, 0.25) is 0 Å². The SMILES string of the molecule is CC1=CC2c3ccccc3C(c3ccccc3)(C3C=CC4C5=CC(N(C6=CCCC7C=CC=CC67)C6C=CC=CC6)CC=C5OC4C3)C2C=C1. The van der Waals surface area contributed by atoms with Gasteiger partial charge in [-0.2, -0.15) is 0 Å². The maximum atomic E-state index is 7.02. The summed E-state index contributed by atoms with van der Waals surface area (Å²) in [4.78, 5) is 2.79. The molecule has 0 saturated carbocycles. The van der Waals surface area contributed by atoms with E-state index in [2.05, 4.69) is 164 Å². The third kappa shape index (κ3) is 4.60. The van der Waals surface area contributed by atoms with Crippen LogP contribution in [0, 0.1) is 29.6 Å². The second kappa shape index (κ2) is 12.0. The third-order valence-corrected chi connectivity index (χ3v) is 13.2. The van der Waals surface area contributed by atoms with Crippen LogP contribution >= 0.6 is 0 Å². The van der Waals surface area contributed by atoms with E-state index in [1.807, 2.05) is 0 Å². The predicted octanol–water partition coefficient (Wildman–Crippen LogP) is 10.6. The van der Waals surface area contributed by atoms with Gasteiger partial charge in [-0.1, -0.05) is 151 Å². The predicted molar refractivity (Wildman–Crippen MR) is 204 cm³/mol. The molecular weight excluding hydrogens is 607 g/mol. The molecule has 0 aromatic heterocycles. The van der Waals surface area contributed by atoms with Crippen molar-refractivity contribution in [2.45, 2.75) is 68.5 Å². The molecule has 1 saturated heterocycles. The minimum Gasteiger partial charge on any atom is -0.489 e. The van der Waals surface area contributed by atoms with Crippen LogP contribution in [-0.2, 0) is 10.2 Å². The van der Waals surface area contributed by atoms with Gasteiger partial charge in [0.25, 0.3) is 0 Å². The standard InChI is InChI=1S/C48H47NO/c1-32-23-27-44-41(29-32)39-20-10-11-21-43(39)48(44,34-15-4-2-5-16-34)35-24-26-40-42-31-37(25-28-46(42)50-47(40)30-35)49(36-17-6-3-7-18-36)45-22-12-14-33-13-8-9-19-38(33)45/h2-11,13,15-17,19-24,26-29,31,33,35-38,40-41,44,47H,12,14,18,25,30H2,1H3.